The minimum Gasteiger partial charge on any atom is -0.361 e. The smallest absolute Gasteiger partial charge is 0.170 e. The Kier molecular flexibility index (Phi) is 6.76. The van der Waals surface area contributed by atoms with Crippen molar-refractivity contribution in [2.24, 2.45) is 0 Å². The van der Waals surface area contributed by atoms with Gasteiger partial charge in [-0.1, -0.05) is 36.4 Å². The van der Waals surface area contributed by atoms with Crippen molar-refractivity contribution in [1.82, 2.24) is 10.2 Å². The standard InChI is InChI=1S/C20H27N3S/c1-15-10-16(2)12-18(11-15)22-20(24)21-14-19(23(3)4)13-17-8-6-5-7-9-17/h5-12,19H,13-14H2,1-4H3,(H2,21,22,24)/t19-/m1/s1. The van der Waals surface area contributed by atoms with Crippen LogP contribution in [0.1, 0.15) is 16.7 Å². The number of likely N-dealkylation sites (N-methyl/N-ethyl adjacent to an activating group) is 1. The number of hydrogen-bond donors (Lipinski definition) is 2. The topological polar surface area (TPSA) is 27.3 Å². The largest absolute Gasteiger partial charge is 0.361 e. The Morgan fingerprint density at radius 3 is 2.25 bits per heavy atom. The van der Waals surface area contributed by atoms with Crippen LogP contribution in [0.2, 0.25) is 0 Å². The van der Waals surface area contributed by atoms with Gasteiger partial charge in [0.2, 0.25) is 0 Å². The van der Waals surface area contributed by atoms with Crippen molar-refractivity contribution in [3.63, 3.8) is 0 Å². The average Bonchev–Trinajstić information content (AvgIpc) is 2.51. The van der Waals surface area contributed by atoms with Gasteiger partial charge < -0.3 is 15.5 Å². The minimum atomic E-state index is 0.381. The van der Waals surface area contributed by atoms with E-state index in [1.165, 1.54) is 16.7 Å². The molecule has 128 valence electrons. The summed E-state index contributed by atoms with van der Waals surface area (Å²) in [5, 5.41) is 7.30. The first-order chi connectivity index (χ1) is 11.4. The molecule has 0 aliphatic heterocycles. The van der Waals surface area contributed by atoms with Crippen molar-refractivity contribution >= 4 is 23.0 Å². The van der Waals surface area contributed by atoms with Crippen LogP contribution in [0, 0.1) is 13.8 Å². The normalized spacial score (nSPS) is 12.0. The van der Waals surface area contributed by atoms with Crippen LogP contribution in [0.15, 0.2) is 48.5 Å². The van der Waals surface area contributed by atoms with Gasteiger partial charge in [-0.2, -0.15) is 0 Å². The molecule has 0 spiro atoms. The van der Waals surface area contributed by atoms with Crippen LogP contribution >= 0.6 is 12.2 Å². The van der Waals surface area contributed by atoms with Crippen molar-refractivity contribution in [3.8, 4) is 0 Å². The molecule has 1 atom stereocenters. The van der Waals surface area contributed by atoms with E-state index in [-0.39, 0.29) is 0 Å². The molecular formula is C20H27N3S. The Morgan fingerprint density at radius 1 is 1.04 bits per heavy atom. The van der Waals surface area contributed by atoms with Gasteiger partial charge in [0.1, 0.15) is 0 Å². The number of anilines is 1. The molecule has 24 heavy (non-hydrogen) atoms. The average molecular weight is 342 g/mol. The maximum Gasteiger partial charge on any atom is 0.170 e. The monoisotopic (exact) mass is 341 g/mol. The summed E-state index contributed by atoms with van der Waals surface area (Å²) in [7, 11) is 4.21. The number of benzene rings is 2. The fraction of sp³-hybridized carbons (Fsp3) is 0.350. The second-order valence-electron chi connectivity index (χ2n) is 6.52. The first kappa shape index (κ1) is 18.4. The fourth-order valence-corrected chi connectivity index (χ4v) is 2.96. The number of rotatable bonds is 6. The third kappa shape index (κ3) is 5.95. The third-order valence-electron chi connectivity index (χ3n) is 4.02. The Morgan fingerprint density at radius 2 is 1.67 bits per heavy atom. The fourth-order valence-electron chi connectivity index (χ4n) is 2.76. The van der Waals surface area contributed by atoms with E-state index >= 15 is 0 Å². The molecule has 0 saturated carbocycles. The van der Waals surface area contributed by atoms with Gasteiger partial charge in [-0.05, 0) is 75.4 Å². The summed E-state index contributed by atoms with van der Waals surface area (Å²) in [6.45, 7) is 4.99. The highest BCUT2D eigenvalue weighted by Gasteiger charge is 2.12. The van der Waals surface area contributed by atoms with Crippen molar-refractivity contribution in [1.29, 1.82) is 0 Å². The van der Waals surface area contributed by atoms with Crippen LogP contribution in [0.4, 0.5) is 5.69 Å². The Bertz CT molecular complexity index is 648. The van der Waals surface area contributed by atoms with E-state index in [2.05, 4.69) is 92.0 Å². The van der Waals surface area contributed by atoms with Crippen LogP contribution in [-0.2, 0) is 6.42 Å². The Labute approximate surface area is 151 Å². The second kappa shape index (κ2) is 8.81. The predicted octanol–water partition coefficient (Wildman–Crippen LogP) is 3.76. The summed E-state index contributed by atoms with van der Waals surface area (Å²) in [6.07, 6.45) is 0.993. The molecule has 2 aromatic rings. The molecule has 0 bridgehead atoms. The Balaban J connectivity index is 1.90. The summed E-state index contributed by atoms with van der Waals surface area (Å²) in [5.41, 5.74) is 4.84. The van der Waals surface area contributed by atoms with Crippen LogP contribution in [-0.4, -0.2) is 36.7 Å². The summed E-state index contributed by atoms with van der Waals surface area (Å²) < 4.78 is 0. The van der Waals surface area contributed by atoms with Crippen molar-refractivity contribution in [2.45, 2.75) is 26.3 Å². The van der Waals surface area contributed by atoms with Crippen molar-refractivity contribution in [2.75, 3.05) is 26.0 Å². The highest BCUT2D eigenvalue weighted by atomic mass is 32.1. The van der Waals surface area contributed by atoms with E-state index in [0.29, 0.717) is 11.2 Å². The van der Waals surface area contributed by atoms with E-state index in [1.807, 2.05) is 0 Å². The van der Waals surface area contributed by atoms with E-state index in [1.54, 1.807) is 0 Å². The lowest BCUT2D eigenvalue weighted by atomic mass is 10.1. The molecule has 0 aliphatic rings. The zero-order valence-electron chi connectivity index (χ0n) is 15.0. The van der Waals surface area contributed by atoms with E-state index in [9.17, 15) is 0 Å². The molecule has 0 fully saturated rings. The summed E-state index contributed by atoms with van der Waals surface area (Å²) in [5.74, 6) is 0. The summed E-state index contributed by atoms with van der Waals surface area (Å²) in [6, 6.07) is 17.3. The number of thiocarbonyl (C=S) groups is 1. The van der Waals surface area contributed by atoms with Crippen LogP contribution < -0.4 is 10.6 Å². The van der Waals surface area contributed by atoms with Gasteiger partial charge in [-0.15, -0.1) is 0 Å². The number of aryl methyl sites for hydroxylation is 2. The van der Waals surface area contributed by atoms with Gasteiger partial charge in [0.05, 0.1) is 0 Å². The van der Waals surface area contributed by atoms with Crippen LogP contribution in [0.5, 0.6) is 0 Å². The number of nitrogens with one attached hydrogen (secondary N) is 2. The zero-order chi connectivity index (χ0) is 17.5. The van der Waals surface area contributed by atoms with Crippen molar-refractivity contribution < 1.29 is 0 Å². The first-order valence-electron chi connectivity index (χ1n) is 8.27. The zero-order valence-corrected chi connectivity index (χ0v) is 15.8. The molecule has 4 heteroatoms. The molecule has 0 amide bonds. The van der Waals surface area contributed by atoms with E-state index in [4.69, 9.17) is 12.2 Å². The molecule has 2 aromatic carbocycles. The molecule has 0 saturated heterocycles. The van der Waals surface area contributed by atoms with Crippen molar-refractivity contribution in [3.05, 3.63) is 65.2 Å². The minimum absolute atomic E-state index is 0.381. The maximum atomic E-state index is 5.45. The molecule has 0 heterocycles. The van der Waals surface area contributed by atoms with Gasteiger partial charge in [-0.3, -0.25) is 0 Å². The van der Waals surface area contributed by atoms with E-state index in [0.717, 1.165) is 18.7 Å². The Hall–Kier alpha value is -1.91. The lowest BCUT2D eigenvalue weighted by Gasteiger charge is -2.25. The lowest BCUT2D eigenvalue weighted by molar-refractivity contribution is 0.291. The highest BCUT2D eigenvalue weighted by Crippen LogP contribution is 2.13. The lowest BCUT2D eigenvalue weighted by Crippen LogP contribution is -2.42. The van der Waals surface area contributed by atoms with Crippen LogP contribution in [0.3, 0.4) is 0 Å². The predicted molar refractivity (Wildman–Crippen MR) is 108 cm³/mol. The SMILES string of the molecule is Cc1cc(C)cc(NC(=S)NC[C@@H](Cc2ccccc2)N(C)C)c1. The molecule has 2 rings (SSSR count). The van der Waals surface area contributed by atoms with Crippen LogP contribution in [0.25, 0.3) is 0 Å². The van der Waals surface area contributed by atoms with Gasteiger partial charge >= 0.3 is 0 Å². The molecule has 0 radical (unpaired) electrons. The molecule has 0 aliphatic carbocycles. The molecule has 3 nitrogen and oxygen atoms in total. The van der Waals surface area contributed by atoms with Gasteiger partial charge in [-0.25, -0.2) is 0 Å². The molecule has 0 aromatic heterocycles. The van der Waals surface area contributed by atoms with Gasteiger partial charge in [0.25, 0.3) is 0 Å². The van der Waals surface area contributed by atoms with Gasteiger partial charge in [0, 0.05) is 18.3 Å². The third-order valence-corrected chi connectivity index (χ3v) is 4.27. The van der Waals surface area contributed by atoms with E-state index < -0.39 is 0 Å². The number of nitrogens with zero attached hydrogens (tertiary/aromatic N) is 1. The van der Waals surface area contributed by atoms with Gasteiger partial charge in [0.15, 0.2) is 5.11 Å². The first-order valence-corrected chi connectivity index (χ1v) is 8.68. The highest BCUT2D eigenvalue weighted by molar-refractivity contribution is 7.80. The molecular weight excluding hydrogens is 314 g/mol. The second-order valence-corrected chi connectivity index (χ2v) is 6.93. The summed E-state index contributed by atoms with van der Waals surface area (Å²) in [4.78, 5) is 2.24. The molecule has 0 unspecified atom stereocenters. The number of hydrogen-bond acceptors (Lipinski definition) is 2. The maximum absolute atomic E-state index is 5.45. The quantitative estimate of drug-likeness (QED) is 0.782. The summed E-state index contributed by atoms with van der Waals surface area (Å²) >= 11 is 5.45. The molecule has 2 N–H and O–H groups in total.